The molecule has 71 heavy (non-hydrogen) atoms. The summed E-state index contributed by atoms with van der Waals surface area (Å²) in [6.45, 7) is 6.54. The van der Waals surface area contributed by atoms with Gasteiger partial charge in [-0.15, -0.1) is 0 Å². The van der Waals surface area contributed by atoms with Gasteiger partial charge >= 0.3 is 17.9 Å². The summed E-state index contributed by atoms with van der Waals surface area (Å²) < 4.78 is 16.9. The first-order valence-corrected chi connectivity index (χ1v) is 30.8. The number of esters is 3. The zero-order valence-electron chi connectivity index (χ0n) is 47.2. The number of allylic oxidation sites excluding steroid dienone is 10. The third-order valence-corrected chi connectivity index (χ3v) is 13.5. The van der Waals surface area contributed by atoms with Gasteiger partial charge in [-0.1, -0.05) is 293 Å². The Labute approximate surface area is 440 Å². The van der Waals surface area contributed by atoms with Gasteiger partial charge in [0.2, 0.25) is 0 Å². The lowest BCUT2D eigenvalue weighted by Crippen LogP contribution is -2.30. The van der Waals surface area contributed by atoms with E-state index in [1.807, 2.05) is 0 Å². The zero-order valence-corrected chi connectivity index (χ0v) is 47.2. The van der Waals surface area contributed by atoms with Crippen LogP contribution in [0, 0.1) is 0 Å². The Balaban J connectivity index is 4.36. The van der Waals surface area contributed by atoms with Gasteiger partial charge in [0, 0.05) is 19.3 Å². The van der Waals surface area contributed by atoms with Gasteiger partial charge in [0.15, 0.2) is 6.10 Å². The molecule has 0 N–H and O–H groups in total. The van der Waals surface area contributed by atoms with Crippen LogP contribution >= 0.6 is 0 Å². The largest absolute Gasteiger partial charge is 0.462 e. The van der Waals surface area contributed by atoms with Crippen LogP contribution in [0.25, 0.3) is 0 Å². The highest BCUT2D eigenvalue weighted by Gasteiger charge is 2.19. The number of ether oxygens (including phenoxy) is 3. The maximum atomic E-state index is 12.9. The van der Waals surface area contributed by atoms with Crippen LogP contribution in [0.3, 0.4) is 0 Å². The fraction of sp³-hybridized carbons (Fsp3) is 0.800. The molecule has 6 heteroatoms. The van der Waals surface area contributed by atoms with Crippen LogP contribution in [0.1, 0.15) is 316 Å². The summed E-state index contributed by atoms with van der Waals surface area (Å²) in [5, 5.41) is 0. The van der Waals surface area contributed by atoms with Crippen molar-refractivity contribution in [3.05, 3.63) is 60.8 Å². The Morgan fingerprint density at radius 2 is 0.549 bits per heavy atom. The first-order valence-electron chi connectivity index (χ1n) is 30.8. The number of unbranched alkanes of at least 4 members (excludes halogenated alkanes) is 35. The van der Waals surface area contributed by atoms with Crippen molar-refractivity contribution in [1.82, 2.24) is 0 Å². The highest BCUT2D eigenvalue weighted by molar-refractivity contribution is 5.71. The topological polar surface area (TPSA) is 78.9 Å². The average Bonchev–Trinajstić information content (AvgIpc) is 3.37. The summed E-state index contributed by atoms with van der Waals surface area (Å²) in [5.41, 5.74) is 0. The van der Waals surface area contributed by atoms with Crippen molar-refractivity contribution in [1.29, 1.82) is 0 Å². The van der Waals surface area contributed by atoms with Gasteiger partial charge < -0.3 is 14.2 Å². The molecule has 0 fully saturated rings. The molecule has 0 rings (SSSR count). The lowest BCUT2D eigenvalue weighted by molar-refractivity contribution is -0.167. The minimum absolute atomic E-state index is 0.0834. The Hall–Kier alpha value is -2.89. The summed E-state index contributed by atoms with van der Waals surface area (Å²) in [7, 11) is 0. The van der Waals surface area contributed by atoms with Crippen LogP contribution in [-0.2, 0) is 28.6 Å². The molecule has 0 aromatic carbocycles. The van der Waals surface area contributed by atoms with Crippen molar-refractivity contribution in [2.24, 2.45) is 0 Å². The fourth-order valence-electron chi connectivity index (χ4n) is 8.94. The third kappa shape index (κ3) is 57.9. The summed E-state index contributed by atoms with van der Waals surface area (Å²) in [4.78, 5) is 38.2. The van der Waals surface area contributed by atoms with Crippen molar-refractivity contribution in [3.63, 3.8) is 0 Å². The van der Waals surface area contributed by atoms with Gasteiger partial charge in [0.25, 0.3) is 0 Å². The molecule has 6 nitrogen and oxygen atoms in total. The van der Waals surface area contributed by atoms with Crippen LogP contribution in [-0.4, -0.2) is 37.2 Å². The second-order valence-electron chi connectivity index (χ2n) is 20.6. The fourth-order valence-corrected chi connectivity index (χ4v) is 8.94. The van der Waals surface area contributed by atoms with Crippen LogP contribution in [0.5, 0.6) is 0 Å². The van der Waals surface area contributed by atoms with Gasteiger partial charge in [-0.3, -0.25) is 14.4 Å². The van der Waals surface area contributed by atoms with Crippen LogP contribution in [0.4, 0.5) is 0 Å². The van der Waals surface area contributed by atoms with E-state index in [0.29, 0.717) is 19.3 Å². The standard InChI is InChI=1S/C65H116O6/c1-4-7-10-13-16-19-22-25-27-29-31-32-34-35-37-40-43-46-49-52-55-58-64(67)70-61-62(60-69-63(66)57-54-51-48-45-42-39-24-21-18-15-12-9-6-3)71-65(68)59-56-53-50-47-44-41-38-36-33-30-28-26-23-20-17-14-11-8-5-2/h8,11,17,20,26,28,33,36,41,44,62H,4-7,9-10,12-16,18-19,21-25,27,29-32,34-35,37-40,42-43,45-61H2,1-3H3/b11-8-,20-17-,28-26-,36-33-,44-41-. The van der Waals surface area contributed by atoms with Crippen molar-refractivity contribution in [2.75, 3.05) is 13.2 Å². The molecular weight excluding hydrogens is 877 g/mol. The molecule has 1 unspecified atom stereocenters. The predicted molar refractivity (Wildman–Crippen MR) is 307 cm³/mol. The van der Waals surface area contributed by atoms with E-state index in [9.17, 15) is 14.4 Å². The Bertz CT molecular complexity index is 1280. The highest BCUT2D eigenvalue weighted by atomic mass is 16.6. The predicted octanol–water partition coefficient (Wildman–Crippen LogP) is 20.8. The normalized spacial score (nSPS) is 12.4. The number of carbonyl (C=O) groups is 3. The monoisotopic (exact) mass is 993 g/mol. The molecule has 0 aromatic rings. The van der Waals surface area contributed by atoms with Crippen molar-refractivity contribution in [3.8, 4) is 0 Å². The Morgan fingerprint density at radius 1 is 0.296 bits per heavy atom. The molecule has 0 saturated carbocycles. The second kappa shape index (κ2) is 59.7. The summed E-state index contributed by atoms with van der Waals surface area (Å²) >= 11 is 0. The molecule has 0 heterocycles. The average molecular weight is 994 g/mol. The number of carbonyl (C=O) groups excluding carboxylic acids is 3. The van der Waals surface area contributed by atoms with E-state index >= 15 is 0 Å². The second-order valence-corrected chi connectivity index (χ2v) is 20.6. The maximum absolute atomic E-state index is 12.9. The molecule has 412 valence electrons. The van der Waals surface area contributed by atoms with E-state index in [4.69, 9.17) is 14.2 Å². The van der Waals surface area contributed by atoms with Crippen LogP contribution in [0.15, 0.2) is 60.8 Å². The van der Waals surface area contributed by atoms with Crippen LogP contribution < -0.4 is 0 Å². The SMILES string of the molecule is CC/C=C\C/C=C\C/C=C\C/C=C\C/C=C\CCCCCC(=O)OC(COC(=O)CCCCCCCCCCCCCCC)COC(=O)CCCCCCCCCCCCCCCCCCCCCCC. The van der Waals surface area contributed by atoms with E-state index < -0.39 is 6.10 Å². The van der Waals surface area contributed by atoms with E-state index in [0.717, 1.165) is 96.3 Å². The van der Waals surface area contributed by atoms with E-state index in [-0.39, 0.29) is 31.1 Å². The molecular formula is C65H116O6. The third-order valence-electron chi connectivity index (χ3n) is 13.5. The molecule has 1 atom stereocenters. The molecule has 0 radical (unpaired) electrons. The quantitative estimate of drug-likeness (QED) is 0.0261. The highest BCUT2D eigenvalue weighted by Crippen LogP contribution is 2.17. The lowest BCUT2D eigenvalue weighted by Gasteiger charge is -2.18. The van der Waals surface area contributed by atoms with Gasteiger partial charge in [-0.05, 0) is 64.2 Å². The van der Waals surface area contributed by atoms with E-state index in [1.165, 1.54) is 180 Å². The van der Waals surface area contributed by atoms with E-state index in [1.54, 1.807) is 0 Å². The summed E-state index contributed by atoms with van der Waals surface area (Å²) in [5.74, 6) is -0.898. The van der Waals surface area contributed by atoms with Crippen molar-refractivity contribution >= 4 is 17.9 Å². The van der Waals surface area contributed by atoms with Crippen LogP contribution in [0.2, 0.25) is 0 Å². The molecule has 0 bridgehead atoms. The molecule has 0 saturated heterocycles. The number of hydrogen-bond donors (Lipinski definition) is 0. The zero-order chi connectivity index (χ0) is 51.4. The molecule has 0 aliphatic carbocycles. The van der Waals surface area contributed by atoms with Gasteiger partial charge in [-0.2, -0.15) is 0 Å². The Kier molecular flexibility index (Phi) is 57.2. The number of hydrogen-bond acceptors (Lipinski definition) is 6. The first-order chi connectivity index (χ1) is 35.0. The maximum Gasteiger partial charge on any atom is 0.306 e. The van der Waals surface area contributed by atoms with Gasteiger partial charge in [0.1, 0.15) is 13.2 Å². The molecule has 0 aromatic heterocycles. The van der Waals surface area contributed by atoms with Gasteiger partial charge in [0.05, 0.1) is 0 Å². The molecule has 0 amide bonds. The minimum atomic E-state index is -0.789. The summed E-state index contributed by atoms with van der Waals surface area (Å²) in [6.07, 6.45) is 75.1. The van der Waals surface area contributed by atoms with Gasteiger partial charge in [-0.25, -0.2) is 0 Å². The summed E-state index contributed by atoms with van der Waals surface area (Å²) in [6, 6.07) is 0. The van der Waals surface area contributed by atoms with Crippen molar-refractivity contribution < 1.29 is 28.6 Å². The minimum Gasteiger partial charge on any atom is -0.462 e. The molecule has 0 spiro atoms. The molecule has 0 aliphatic heterocycles. The smallest absolute Gasteiger partial charge is 0.306 e. The number of rotatable bonds is 56. The molecule has 0 aliphatic rings. The Morgan fingerprint density at radius 3 is 0.859 bits per heavy atom. The first kappa shape index (κ1) is 68.1. The van der Waals surface area contributed by atoms with E-state index in [2.05, 4.69) is 81.5 Å². The lowest BCUT2D eigenvalue weighted by atomic mass is 10.0. The van der Waals surface area contributed by atoms with Crippen molar-refractivity contribution in [2.45, 2.75) is 322 Å².